The van der Waals surface area contributed by atoms with Crippen molar-refractivity contribution in [3.63, 3.8) is 0 Å². The number of hydrogen-bond acceptors (Lipinski definition) is 10. The highest BCUT2D eigenvalue weighted by molar-refractivity contribution is 7.80. The van der Waals surface area contributed by atoms with Crippen LogP contribution in [-0.4, -0.2) is 88.8 Å². The predicted molar refractivity (Wildman–Crippen MR) is 96.8 cm³/mol. The number of hydrogen-bond donors (Lipinski definition) is 7. The summed E-state index contributed by atoms with van der Waals surface area (Å²) in [6, 6.07) is -0.772. The van der Waals surface area contributed by atoms with Crippen molar-refractivity contribution in [1.82, 2.24) is 10.2 Å². The van der Waals surface area contributed by atoms with Gasteiger partial charge < -0.3 is 39.8 Å². The van der Waals surface area contributed by atoms with Gasteiger partial charge in [0.1, 0.15) is 18.3 Å². The van der Waals surface area contributed by atoms with Crippen molar-refractivity contribution < 1.29 is 70.6 Å². The second-order valence-corrected chi connectivity index (χ2v) is 12.2. The number of thiocarbonyl (C=S) groups is 1. The molecule has 180 valence electrons. The fourth-order valence-electron chi connectivity index (χ4n) is 2.49. The van der Waals surface area contributed by atoms with Crippen molar-refractivity contribution in [3.8, 4) is 0 Å². The van der Waals surface area contributed by atoms with Gasteiger partial charge in [0.25, 0.3) is 0 Å². The zero-order chi connectivity index (χ0) is 24.0. The van der Waals surface area contributed by atoms with Crippen LogP contribution in [-0.2, 0) is 27.3 Å². The van der Waals surface area contributed by atoms with E-state index in [-0.39, 0.29) is 18.0 Å². The van der Waals surface area contributed by atoms with E-state index in [2.05, 4.69) is 14.2 Å². The number of amides is 2. The van der Waals surface area contributed by atoms with Crippen LogP contribution >= 0.6 is 35.2 Å². The number of phosphoric acid groups is 1. The molecule has 2 fully saturated rings. The van der Waals surface area contributed by atoms with E-state index in [0.717, 1.165) is 4.90 Å². The molecule has 0 aromatic rings. The lowest BCUT2D eigenvalue weighted by Gasteiger charge is -2.33. The number of ether oxygens (including phenoxy) is 1. The van der Waals surface area contributed by atoms with Crippen LogP contribution in [0.4, 0.5) is 13.6 Å². The highest BCUT2D eigenvalue weighted by Crippen LogP contribution is 2.77. The Bertz CT molecular complexity index is 886. The molecule has 7 N–H and O–H groups in total. The molecule has 31 heavy (non-hydrogen) atoms. The Hall–Kier alpha value is -0.450. The summed E-state index contributed by atoms with van der Waals surface area (Å²) in [5.74, 6) is 0. The first-order valence-corrected chi connectivity index (χ1v) is 13.1. The van der Waals surface area contributed by atoms with E-state index >= 15 is 0 Å². The van der Waals surface area contributed by atoms with Crippen molar-refractivity contribution in [1.29, 1.82) is 0 Å². The average molecular weight is 536 g/mol. The number of nitrogens with one attached hydrogen (secondary N) is 1. The summed E-state index contributed by atoms with van der Waals surface area (Å²) in [7, 11) is -19.2. The van der Waals surface area contributed by atoms with E-state index in [1.54, 1.807) is 0 Å². The fourth-order valence-corrected chi connectivity index (χ4v) is 6.35. The molecule has 2 heterocycles. The van der Waals surface area contributed by atoms with Gasteiger partial charge in [0.15, 0.2) is 6.23 Å². The Morgan fingerprint density at radius 1 is 1.19 bits per heavy atom. The lowest BCUT2D eigenvalue weighted by molar-refractivity contribution is -0.0784. The van der Waals surface area contributed by atoms with Gasteiger partial charge in [0, 0.05) is 13.0 Å². The summed E-state index contributed by atoms with van der Waals surface area (Å²) < 4.78 is 73.3. The fraction of sp³-hybridized carbons (Fsp3) is 0.800. The Morgan fingerprint density at radius 3 is 2.29 bits per heavy atom. The highest BCUT2D eigenvalue weighted by atomic mass is 32.1. The summed E-state index contributed by atoms with van der Waals surface area (Å²) in [5, 5.41) is 16.6. The lowest BCUT2D eigenvalue weighted by Crippen LogP contribution is -2.56. The molecule has 15 nitrogen and oxygen atoms in total. The summed E-state index contributed by atoms with van der Waals surface area (Å²) in [6.07, 6.45) is -6.48. The molecule has 2 rings (SSSR count). The smallest absolute Gasteiger partial charge is 0.387 e. The molecule has 0 aromatic carbocycles. The van der Waals surface area contributed by atoms with E-state index in [4.69, 9.17) is 31.6 Å². The SMILES string of the molecule is O=C1NC(=S)CCN1[C@@H]1O[C@H](COP(=O)(O)OP(=O)(O)C(F)(F)P(=O)(O)O)[C@@H](O)[C@H]1O. The van der Waals surface area contributed by atoms with Crippen LogP contribution in [0.1, 0.15) is 6.42 Å². The van der Waals surface area contributed by atoms with Crippen molar-refractivity contribution in [2.45, 2.75) is 36.4 Å². The van der Waals surface area contributed by atoms with Crippen LogP contribution in [0.2, 0.25) is 0 Å². The number of urea groups is 1. The van der Waals surface area contributed by atoms with Crippen LogP contribution < -0.4 is 5.32 Å². The number of alkyl halides is 2. The monoisotopic (exact) mass is 536 g/mol. The molecule has 0 aliphatic carbocycles. The zero-order valence-corrected chi connectivity index (χ0v) is 18.4. The molecular formula is C10H17F2N2O13P3S. The Kier molecular flexibility index (Phi) is 7.84. The Balaban J connectivity index is 2.04. The molecule has 0 aromatic heterocycles. The summed E-state index contributed by atoms with van der Waals surface area (Å²) in [4.78, 5) is 48.4. The first-order valence-electron chi connectivity index (χ1n) is 7.97. The van der Waals surface area contributed by atoms with Gasteiger partial charge in [-0.1, -0.05) is 12.2 Å². The molecule has 2 unspecified atom stereocenters. The predicted octanol–water partition coefficient (Wildman–Crippen LogP) is -0.777. The first-order chi connectivity index (χ1) is 13.9. The minimum Gasteiger partial charge on any atom is -0.387 e. The molecule has 6 atom stereocenters. The third-order valence-electron chi connectivity index (χ3n) is 4.04. The van der Waals surface area contributed by atoms with Crippen LogP contribution in [0.3, 0.4) is 0 Å². The maximum atomic E-state index is 13.4. The minimum absolute atomic E-state index is 0.0144. The number of aliphatic hydroxyl groups excluding tert-OH is 2. The number of nitrogens with zero attached hydrogens (tertiary/aromatic N) is 1. The maximum absolute atomic E-state index is 13.4. The second-order valence-electron chi connectivity index (χ2n) is 6.26. The molecule has 0 radical (unpaired) electrons. The standard InChI is InChI=1S/C10H17F2N2O13P3S/c11-10(12,28(18,19)20)29(21,22)27-30(23,24)25-3-4-6(15)7(16)8(26-4)14-2-1-5(31)13-9(14)17/h4,6-8,15-16H,1-3H2,(H,21,22)(H,23,24)(H,13,17,31)(H2,18,19,20)/t4-,6-,7-,8-/m1/s1. The van der Waals surface area contributed by atoms with Crippen molar-refractivity contribution in [3.05, 3.63) is 0 Å². The van der Waals surface area contributed by atoms with Crippen LogP contribution in [0.25, 0.3) is 0 Å². The average Bonchev–Trinajstić information content (AvgIpc) is 2.86. The van der Waals surface area contributed by atoms with Gasteiger partial charge in [-0.25, -0.2) is 13.7 Å². The summed E-state index contributed by atoms with van der Waals surface area (Å²) in [5.41, 5.74) is 0. The van der Waals surface area contributed by atoms with Crippen LogP contribution in [0.5, 0.6) is 0 Å². The van der Waals surface area contributed by atoms with E-state index in [9.17, 15) is 42.4 Å². The summed E-state index contributed by atoms with van der Waals surface area (Å²) in [6.45, 7) is -1.20. The van der Waals surface area contributed by atoms with Crippen molar-refractivity contribution in [2.75, 3.05) is 13.2 Å². The number of aliphatic hydroxyl groups is 2. The van der Waals surface area contributed by atoms with Gasteiger partial charge in [-0.2, -0.15) is 8.78 Å². The molecule has 2 saturated heterocycles. The number of phosphoric ester groups is 1. The molecule has 0 bridgehead atoms. The van der Waals surface area contributed by atoms with Gasteiger partial charge in [-0.05, 0) is 0 Å². The quantitative estimate of drug-likeness (QED) is 0.149. The normalized spacial score (nSPS) is 31.8. The third kappa shape index (κ3) is 5.73. The molecule has 2 amide bonds. The number of carbonyl (C=O) groups is 1. The molecule has 2 aliphatic heterocycles. The third-order valence-corrected chi connectivity index (χ3v) is 9.45. The topological polar surface area (TPSA) is 233 Å². The van der Waals surface area contributed by atoms with Crippen LogP contribution in [0.15, 0.2) is 0 Å². The molecule has 2 aliphatic rings. The van der Waals surface area contributed by atoms with Crippen LogP contribution in [0, 0.1) is 0 Å². The Labute approximate surface area is 177 Å². The minimum atomic E-state index is -6.74. The van der Waals surface area contributed by atoms with Gasteiger partial charge >= 0.3 is 34.5 Å². The van der Waals surface area contributed by atoms with Gasteiger partial charge in [0.2, 0.25) is 0 Å². The summed E-state index contributed by atoms with van der Waals surface area (Å²) >= 11 is 4.81. The lowest BCUT2D eigenvalue weighted by atomic mass is 10.1. The number of halogens is 2. The highest BCUT2D eigenvalue weighted by Gasteiger charge is 2.67. The Morgan fingerprint density at radius 2 is 1.77 bits per heavy atom. The van der Waals surface area contributed by atoms with E-state index in [1.807, 2.05) is 0 Å². The number of rotatable bonds is 8. The van der Waals surface area contributed by atoms with Crippen molar-refractivity contribution in [2.24, 2.45) is 0 Å². The maximum Gasteiger partial charge on any atom is 0.479 e. The van der Waals surface area contributed by atoms with Gasteiger partial charge in [0.05, 0.1) is 11.6 Å². The zero-order valence-electron chi connectivity index (χ0n) is 14.9. The second kappa shape index (κ2) is 9.06. The molecule has 0 spiro atoms. The molecule has 0 saturated carbocycles. The van der Waals surface area contributed by atoms with Crippen molar-refractivity contribution >= 4 is 46.3 Å². The largest absolute Gasteiger partial charge is 0.479 e. The van der Waals surface area contributed by atoms with E-state index in [0.29, 0.717) is 0 Å². The first kappa shape index (κ1) is 26.8. The van der Waals surface area contributed by atoms with Gasteiger partial charge in [-0.15, -0.1) is 0 Å². The van der Waals surface area contributed by atoms with Gasteiger partial charge in [-0.3, -0.25) is 18.6 Å². The van der Waals surface area contributed by atoms with E-state index < -0.39 is 65.6 Å². The van der Waals surface area contributed by atoms with E-state index in [1.165, 1.54) is 0 Å². The molecule has 21 heteroatoms. The number of carbonyl (C=O) groups excluding carboxylic acids is 1. The molecular weight excluding hydrogens is 519 g/mol.